The van der Waals surface area contributed by atoms with Crippen molar-refractivity contribution in [2.75, 3.05) is 13.1 Å². The van der Waals surface area contributed by atoms with E-state index in [1.54, 1.807) is 12.3 Å². The van der Waals surface area contributed by atoms with Crippen molar-refractivity contribution < 1.29 is 9.90 Å². The summed E-state index contributed by atoms with van der Waals surface area (Å²) in [6.45, 7) is 1.76. The van der Waals surface area contributed by atoms with Gasteiger partial charge in [-0.3, -0.25) is 4.79 Å². The van der Waals surface area contributed by atoms with Gasteiger partial charge in [0.2, 0.25) is 0 Å². The highest BCUT2D eigenvalue weighted by atomic mass is 16.3. The lowest BCUT2D eigenvalue weighted by Crippen LogP contribution is -2.42. The molecule has 102 valence electrons. The Morgan fingerprint density at radius 2 is 2.32 bits per heavy atom. The standard InChI is InChI=1S/C14H19N3O2/c18-12-4-2-8-16-13(12)14(19)17(11-5-6-11)9-10-3-1-7-15-10/h2,4,8,10-11,15,18H,1,3,5-7,9H2. The van der Waals surface area contributed by atoms with Crippen LogP contribution in [0, 0.1) is 0 Å². The fourth-order valence-corrected chi connectivity index (χ4v) is 2.63. The molecular formula is C14H19N3O2. The first-order valence-electron chi connectivity index (χ1n) is 6.94. The van der Waals surface area contributed by atoms with Crippen LogP contribution < -0.4 is 5.32 Å². The van der Waals surface area contributed by atoms with E-state index in [2.05, 4.69) is 10.3 Å². The summed E-state index contributed by atoms with van der Waals surface area (Å²) in [7, 11) is 0. The monoisotopic (exact) mass is 261 g/mol. The SMILES string of the molecule is O=C(c1ncccc1O)N(CC1CCCN1)C1CC1. The van der Waals surface area contributed by atoms with Gasteiger partial charge < -0.3 is 15.3 Å². The second-order valence-corrected chi connectivity index (χ2v) is 5.35. The van der Waals surface area contributed by atoms with Crippen molar-refractivity contribution >= 4 is 5.91 Å². The quantitative estimate of drug-likeness (QED) is 0.853. The summed E-state index contributed by atoms with van der Waals surface area (Å²) in [4.78, 5) is 18.4. The summed E-state index contributed by atoms with van der Waals surface area (Å²) in [5.74, 6) is -0.174. The first-order chi connectivity index (χ1) is 9.25. The molecule has 2 fully saturated rings. The molecule has 1 atom stereocenters. The summed E-state index contributed by atoms with van der Waals surface area (Å²) >= 11 is 0. The van der Waals surface area contributed by atoms with Gasteiger partial charge in [-0.1, -0.05) is 0 Å². The summed E-state index contributed by atoms with van der Waals surface area (Å²) in [6, 6.07) is 3.86. The number of carbonyl (C=O) groups is 1. The van der Waals surface area contributed by atoms with Gasteiger partial charge in [-0.05, 0) is 44.4 Å². The van der Waals surface area contributed by atoms with Crippen LogP contribution in [-0.2, 0) is 0 Å². The van der Waals surface area contributed by atoms with Crippen LogP contribution in [0.15, 0.2) is 18.3 Å². The number of aromatic nitrogens is 1. The molecule has 5 heteroatoms. The van der Waals surface area contributed by atoms with Crippen molar-refractivity contribution in [3.8, 4) is 5.75 Å². The molecule has 5 nitrogen and oxygen atoms in total. The second-order valence-electron chi connectivity index (χ2n) is 5.35. The molecule has 0 radical (unpaired) electrons. The number of pyridine rings is 1. The molecular weight excluding hydrogens is 242 g/mol. The number of hydrogen-bond acceptors (Lipinski definition) is 4. The molecule has 2 N–H and O–H groups in total. The molecule has 1 aromatic rings. The second kappa shape index (κ2) is 5.17. The largest absolute Gasteiger partial charge is 0.505 e. The van der Waals surface area contributed by atoms with Crippen LogP contribution in [0.3, 0.4) is 0 Å². The number of nitrogens with one attached hydrogen (secondary N) is 1. The van der Waals surface area contributed by atoms with Gasteiger partial charge in [0.25, 0.3) is 5.91 Å². The maximum Gasteiger partial charge on any atom is 0.276 e. The first-order valence-corrected chi connectivity index (χ1v) is 6.94. The molecule has 19 heavy (non-hydrogen) atoms. The summed E-state index contributed by atoms with van der Waals surface area (Å²) in [5, 5.41) is 13.2. The molecule has 1 aliphatic carbocycles. The van der Waals surface area contributed by atoms with Crippen LogP contribution in [0.4, 0.5) is 0 Å². The third kappa shape index (κ3) is 2.71. The highest BCUT2D eigenvalue weighted by molar-refractivity contribution is 5.95. The van der Waals surface area contributed by atoms with Crippen LogP contribution in [0.1, 0.15) is 36.2 Å². The lowest BCUT2D eigenvalue weighted by molar-refractivity contribution is 0.0719. The van der Waals surface area contributed by atoms with Crippen molar-refractivity contribution in [1.29, 1.82) is 0 Å². The zero-order valence-electron chi connectivity index (χ0n) is 10.9. The molecule has 1 amide bonds. The number of nitrogens with zero attached hydrogens (tertiary/aromatic N) is 2. The van der Waals surface area contributed by atoms with Crippen molar-refractivity contribution in [3.63, 3.8) is 0 Å². The van der Waals surface area contributed by atoms with Crippen molar-refractivity contribution in [3.05, 3.63) is 24.0 Å². The van der Waals surface area contributed by atoms with Crippen molar-refractivity contribution in [1.82, 2.24) is 15.2 Å². The van der Waals surface area contributed by atoms with Gasteiger partial charge in [0, 0.05) is 24.8 Å². The molecule has 1 aromatic heterocycles. The Balaban J connectivity index is 1.76. The third-order valence-electron chi connectivity index (χ3n) is 3.82. The number of hydrogen-bond donors (Lipinski definition) is 2. The Morgan fingerprint density at radius 3 is 2.95 bits per heavy atom. The molecule has 3 rings (SSSR count). The van der Waals surface area contributed by atoms with E-state index in [9.17, 15) is 9.90 Å². The smallest absolute Gasteiger partial charge is 0.276 e. The minimum atomic E-state index is -0.144. The van der Waals surface area contributed by atoms with Gasteiger partial charge in [-0.2, -0.15) is 0 Å². The minimum Gasteiger partial charge on any atom is -0.505 e. The van der Waals surface area contributed by atoms with Crippen LogP contribution in [-0.4, -0.2) is 46.1 Å². The summed E-state index contributed by atoms with van der Waals surface area (Å²) in [5.41, 5.74) is 0.174. The number of amides is 1. The normalized spacial score (nSPS) is 22.4. The van der Waals surface area contributed by atoms with E-state index in [4.69, 9.17) is 0 Å². The van der Waals surface area contributed by atoms with E-state index in [-0.39, 0.29) is 17.4 Å². The molecule has 1 aliphatic heterocycles. The first kappa shape index (κ1) is 12.4. The van der Waals surface area contributed by atoms with E-state index >= 15 is 0 Å². The van der Waals surface area contributed by atoms with Gasteiger partial charge in [0.05, 0.1) is 0 Å². The Labute approximate surface area is 112 Å². The van der Waals surface area contributed by atoms with Gasteiger partial charge in [-0.15, -0.1) is 0 Å². The number of rotatable bonds is 4. The Hall–Kier alpha value is -1.62. The molecule has 1 saturated carbocycles. The molecule has 2 aliphatic rings. The van der Waals surface area contributed by atoms with Crippen molar-refractivity contribution in [2.45, 2.75) is 37.8 Å². The Kier molecular flexibility index (Phi) is 3.38. The molecule has 1 saturated heterocycles. The van der Waals surface area contributed by atoms with Gasteiger partial charge in [0.1, 0.15) is 5.75 Å². The fraction of sp³-hybridized carbons (Fsp3) is 0.571. The Bertz CT molecular complexity index is 468. The topological polar surface area (TPSA) is 65.5 Å². The maximum absolute atomic E-state index is 12.5. The predicted octanol–water partition coefficient (Wildman–Crippen LogP) is 1.14. The van der Waals surface area contributed by atoms with Crippen LogP contribution >= 0.6 is 0 Å². The predicted molar refractivity (Wildman–Crippen MR) is 71.0 cm³/mol. The van der Waals surface area contributed by atoms with Gasteiger partial charge >= 0.3 is 0 Å². The van der Waals surface area contributed by atoms with E-state index in [1.807, 2.05) is 4.90 Å². The van der Waals surface area contributed by atoms with Crippen LogP contribution in [0.5, 0.6) is 5.75 Å². The average molecular weight is 261 g/mol. The van der Waals surface area contributed by atoms with Crippen molar-refractivity contribution in [2.24, 2.45) is 0 Å². The highest BCUT2D eigenvalue weighted by Crippen LogP contribution is 2.30. The number of carbonyl (C=O) groups excluding carboxylic acids is 1. The third-order valence-corrected chi connectivity index (χ3v) is 3.82. The Morgan fingerprint density at radius 1 is 1.47 bits per heavy atom. The molecule has 0 bridgehead atoms. The number of aromatic hydroxyl groups is 1. The molecule has 2 heterocycles. The minimum absolute atomic E-state index is 0.0301. The lowest BCUT2D eigenvalue weighted by Gasteiger charge is -2.25. The maximum atomic E-state index is 12.5. The van der Waals surface area contributed by atoms with Crippen LogP contribution in [0.2, 0.25) is 0 Å². The zero-order valence-corrected chi connectivity index (χ0v) is 10.9. The summed E-state index contributed by atoms with van der Waals surface area (Å²) in [6.07, 6.45) is 5.96. The van der Waals surface area contributed by atoms with E-state index in [0.29, 0.717) is 12.1 Å². The van der Waals surface area contributed by atoms with Gasteiger partial charge in [-0.25, -0.2) is 4.98 Å². The average Bonchev–Trinajstić information content (AvgIpc) is 3.13. The van der Waals surface area contributed by atoms with E-state index < -0.39 is 0 Å². The van der Waals surface area contributed by atoms with E-state index in [0.717, 1.165) is 32.4 Å². The molecule has 0 aromatic carbocycles. The lowest BCUT2D eigenvalue weighted by atomic mass is 10.2. The van der Waals surface area contributed by atoms with E-state index in [1.165, 1.54) is 12.5 Å². The summed E-state index contributed by atoms with van der Waals surface area (Å²) < 4.78 is 0. The van der Waals surface area contributed by atoms with Gasteiger partial charge in [0.15, 0.2) is 5.69 Å². The zero-order chi connectivity index (χ0) is 13.2. The molecule has 1 unspecified atom stereocenters. The highest BCUT2D eigenvalue weighted by Gasteiger charge is 2.36. The molecule has 0 spiro atoms. The fourth-order valence-electron chi connectivity index (χ4n) is 2.63. The van der Waals surface area contributed by atoms with Crippen LogP contribution in [0.25, 0.3) is 0 Å².